The number of rotatable bonds is 2. The minimum absolute atomic E-state index is 0. The van der Waals surface area contributed by atoms with Gasteiger partial charge in [-0.25, -0.2) is 0 Å². The van der Waals surface area contributed by atoms with Crippen molar-refractivity contribution in [2.24, 2.45) is 0 Å². The molecule has 0 aromatic rings. The summed E-state index contributed by atoms with van der Waals surface area (Å²) in [5.74, 6) is 0. The second kappa shape index (κ2) is 9.37. The zero-order valence-corrected chi connectivity index (χ0v) is 5.24. The summed E-state index contributed by atoms with van der Waals surface area (Å²) in [6, 6.07) is 0. The van der Waals surface area contributed by atoms with Gasteiger partial charge in [-0.3, -0.25) is 0 Å². The molecular weight excluding hydrogens is 112 g/mol. The Balaban J connectivity index is 0. The standard InChI is InChI=1S/C5H10O.ClH/c1-2-3-4-5-6;/h2-3,6H,4-5H2,1H3;1H. The molecule has 2 heteroatoms. The molecule has 0 radical (unpaired) electrons. The average Bonchev–Trinajstić information content (AvgIpc) is 1.61. The Morgan fingerprint density at radius 1 is 1.57 bits per heavy atom. The first-order valence-corrected chi connectivity index (χ1v) is 2.14. The molecule has 0 rings (SSSR count). The smallest absolute Gasteiger partial charge is 0.0465 e. The van der Waals surface area contributed by atoms with E-state index in [1.807, 2.05) is 19.1 Å². The van der Waals surface area contributed by atoms with E-state index in [0.29, 0.717) is 0 Å². The first-order chi connectivity index (χ1) is 2.91. The fraction of sp³-hybridized carbons (Fsp3) is 0.600. The molecule has 0 atom stereocenters. The third kappa shape index (κ3) is 10.7. The van der Waals surface area contributed by atoms with Crippen molar-refractivity contribution in [1.82, 2.24) is 0 Å². The van der Waals surface area contributed by atoms with Gasteiger partial charge in [0.25, 0.3) is 0 Å². The highest BCUT2D eigenvalue weighted by molar-refractivity contribution is 5.85. The largest absolute Gasteiger partial charge is 0.396 e. The van der Waals surface area contributed by atoms with Crippen LogP contribution in [0.5, 0.6) is 0 Å². The Kier molecular flexibility index (Phi) is 13.5. The van der Waals surface area contributed by atoms with E-state index in [1.54, 1.807) is 0 Å². The molecular formula is C5H11ClO. The lowest BCUT2D eigenvalue weighted by Gasteiger charge is -1.76. The van der Waals surface area contributed by atoms with Crippen LogP contribution in [0.1, 0.15) is 13.3 Å². The van der Waals surface area contributed by atoms with Crippen LogP contribution in [-0.4, -0.2) is 11.7 Å². The van der Waals surface area contributed by atoms with Crippen LogP contribution in [0.25, 0.3) is 0 Å². The summed E-state index contributed by atoms with van der Waals surface area (Å²) in [5, 5.41) is 8.15. The molecule has 0 aliphatic carbocycles. The SMILES string of the molecule is CC=CCCO.Cl. The van der Waals surface area contributed by atoms with Crippen molar-refractivity contribution in [2.45, 2.75) is 13.3 Å². The molecule has 0 saturated carbocycles. The molecule has 1 nitrogen and oxygen atoms in total. The maximum Gasteiger partial charge on any atom is 0.0465 e. The third-order valence-electron chi connectivity index (χ3n) is 0.531. The van der Waals surface area contributed by atoms with Crippen molar-refractivity contribution in [2.75, 3.05) is 6.61 Å². The van der Waals surface area contributed by atoms with Crippen LogP contribution in [0.15, 0.2) is 12.2 Å². The highest BCUT2D eigenvalue weighted by atomic mass is 35.5. The summed E-state index contributed by atoms with van der Waals surface area (Å²) >= 11 is 0. The normalized spacial score (nSPS) is 8.86. The van der Waals surface area contributed by atoms with E-state index in [0.717, 1.165) is 6.42 Å². The highest BCUT2D eigenvalue weighted by Gasteiger charge is 1.65. The molecule has 0 saturated heterocycles. The molecule has 0 heterocycles. The second-order valence-corrected chi connectivity index (χ2v) is 1.08. The number of halogens is 1. The maximum absolute atomic E-state index is 8.15. The average molecular weight is 123 g/mol. The van der Waals surface area contributed by atoms with Gasteiger partial charge >= 0.3 is 0 Å². The molecule has 0 aromatic carbocycles. The van der Waals surface area contributed by atoms with Gasteiger partial charge in [-0.05, 0) is 13.3 Å². The summed E-state index contributed by atoms with van der Waals surface area (Å²) in [4.78, 5) is 0. The van der Waals surface area contributed by atoms with E-state index in [-0.39, 0.29) is 19.0 Å². The summed E-state index contributed by atoms with van der Waals surface area (Å²) in [7, 11) is 0. The van der Waals surface area contributed by atoms with Crippen LogP contribution in [0.4, 0.5) is 0 Å². The maximum atomic E-state index is 8.15. The van der Waals surface area contributed by atoms with E-state index in [2.05, 4.69) is 0 Å². The summed E-state index contributed by atoms with van der Waals surface area (Å²) in [6.07, 6.45) is 4.65. The molecule has 0 fully saturated rings. The molecule has 0 unspecified atom stereocenters. The summed E-state index contributed by atoms with van der Waals surface area (Å²) in [5.41, 5.74) is 0. The molecule has 0 aromatic heterocycles. The number of aliphatic hydroxyl groups is 1. The fourth-order valence-corrected chi connectivity index (χ4v) is 0.241. The van der Waals surface area contributed by atoms with Crippen LogP contribution >= 0.6 is 12.4 Å². The number of aliphatic hydroxyl groups excluding tert-OH is 1. The van der Waals surface area contributed by atoms with Crippen molar-refractivity contribution in [3.63, 3.8) is 0 Å². The van der Waals surface area contributed by atoms with Crippen LogP contribution in [0, 0.1) is 0 Å². The van der Waals surface area contributed by atoms with Gasteiger partial charge in [0.1, 0.15) is 0 Å². The topological polar surface area (TPSA) is 20.2 Å². The molecule has 44 valence electrons. The minimum atomic E-state index is 0. The predicted octanol–water partition coefficient (Wildman–Crippen LogP) is 1.37. The zero-order chi connectivity index (χ0) is 4.83. The number of allylic oxidation sites excluding steroid dienone is 1. The van der Waals surface area contributed by atoms with Gasteiger partial charge in [0.2, 0.25) is 0 Å². The Labute approximate surface area is 50.5 Å². The zero-order valence-electron chi connectivity index (χ0n) is 4.42. The molecule has 0 spiro atoms. The summed E-state index contributed by atoms with van der Waals surface area (Å²) in [6.45, 7) is 2.21. The Bertz CT molecular complexity index is 43.3. The van der Waals surface area contributed by atoms with Gasteiger partial charge in [0.05, 0.1) is 0 Å². The van der Waals surface area contributed by atoms with Gasteiger partial charge in [-0.2, -0.15) is 0 Å². The van der Waals surface area contributed by atoms with Crippen molar-refractivity contribution in [3.8, 4) is 0 Å². The first kappa shape index (κ1) is 10.1. The quantitative estimate of drug-likeness (QED) is 0.549. The monoisotopic (exact) mass is 122 g/mol. The number of hydrogen-bond donors (Lipinski definition) is 1. The van der Waals surface area contributed by atoms with Crippen LogP contribution < -0.4 is 0 Å². The van der Waals surface area contributed by atoms with Crippen molar-refractivity contribution < 1.29 is 5.11 Å². The highest BCUT2D eigenvalue weighted by Crippen LogP contribution is 1.75. The second-order valence-electron chi connectivity index (χ2n) is 1.08. The van der Waals surface area contributed by atoms with E-state index < -0.39 is 0 Å². The van der Waals surface area contributed by atoms with Crippen LogP contribution in [-0.2, 0) is 0 Å². The van der Waals surface area contributed by atoms with E-state index in [9.17, 15) is 0 Å². The van der Waals surface area contributed by atoms with Crippen molar-refractivity contribution >= 4 is 12.4 Å². The lowest BCUT2D eigenvalue weighted by Crippen LogP contribution is -1.73. The van der Waals surface area contributed by atoms with E-state index in [1.165, 1.54) is 0 Å². The van der Waals surface area contributed by atoms with Gasteiger partial charge in [-0.15, -0.1) is 12.4 Å². The summed E-state index contributed by atoms with van der Waals surface area (Å²) < 4.78 is 0. The Hall–Kier alpha value is -0.0100. The third-order valence-corrected chi connectivity index (χ3v) is 0.531. The lowest BCUT2D eigenvalue weighted by molar-refractivity contribution is 0.302. The Morgan fingerprint density at radius 3 is 2.29 bits per heavy atom. The lowest BCUT2D eigenvalue weighted by atomic mass is 10.4. The van der Waals surface area contributed by atoms with Crippen molar-refractivity contribution in [3.05, 3.63) is 12.2 Å². The van der Waals surface area contributed by atoms with Gasteiger partial charge in [0.15, 0.2) is 0 Å². The molecule has 0 bridgehead atoms. The Morgan fingerprint density at radius 2 is 2.14 bits per heavy atom. The van der Waals surface area contributed by atoms with E-state index >= 15 is 0 Å². The van der Waals surface area contributed by atoms with Crippen LogP contribution in [0.2, 0.25) is 0 Å². The van der Waals surface area contributed by atoms with Crippen molar-refractivity contribution in [1.29, 1.82) is 0 Å². The minimum Gasteiger partial charge on any atom is -0.396 e. The first-order valence-electron chi connectivity index (χ1n) is 2.14. The van der Waals surface area contributed by atoms with Gasteiger partial charge in [-0.1, -0.05) is 12.2 Å². The predicted molar refractivity (Wildman–Crippen MR) is 33.8 cm³/mol. The van der Waals surface area contributed by atoms with E-state index in [4.69, 9.17) is 5.11 Å². The molecule has 1 N–H and O–H groups in total. The molecule has 0 aliphatic rings. The molecule has 0 aliphatic heterocycles. The number of hydrogen-bond acceptors (Lipinski definition) is 1. The fourth-order valence-electron chi connectivity index (χ4n) is 0.241. The molecule has 7 heavy (non-hydrogen) atoms. The van der Waals surface area contributed by atoms with Crippen LogP contribution in [0.3, 0.4) is 0 Å². The van der Waals surface area contributed by atoms with Gasteiger partial charge in [0, 0.05) is 6.61 Å². The molecule has 0 amide bonds. The van der Waals surface area contributed by atoms with Gasteiger partial charge < -0.3 is 5.11 Å².